The van der Waals surface area contributed by atoms with Crippen LogP contribution in [0.15, 0.2) is 0 Å². The Morgan fingerprint density at radius 3 is 2.29 bits per heavy atom. The van der Waals surface area contributed by atoms with E-state index in [4.69, 9.17) is 0 Å². The number of anilines is 1. The highest BCUT2D eigenvalue weighted by Gasteiger charge is 2.12. The number of hydrogen-bond acceptors (Lipinski definition) is 3. The van der Waals surface area contributed by atoms with E-state index in [0.29, 0.717) is 11.4 Å². The molecule has 0 atom stereocenters. The summed E-state index contributed by atoms with van der Waals surface area (Å²) in [6, 6.07) is 0. The fraction of sp³-hybridized carbons (Fsp3) is 0.545. The molecule has 1 N–H and O–H groups in total. The quantitative estimate of drug-likeness (QED) is 0.783. The predicted molar refractivity (Wildman–Crippen MR) is 59.1 cm³/mol. The van der Waals surface area contributed by atoms with Crippen molar-refractivity contribution >= 4 is 5.82 Å². The molecule has 0 fully saturated rings. The summed E-state index contributed by atoms with van der Waals surface area (Å²) in [5.74, 6) is 1.27. The van der Waals surface area contributed by atoms with Gasteiger partial charge in [0, 0.05) is 13.6 Å². The lowest BCUT2D eigenvalue weighted by Crippen LogP contribution is -2.19. The Labute approximate surface area is 85.4 Å². The molecule has 1 rings (SSSR count). The summed E-state index contributed by atoms with van der Waals surface area (Å²) in [6.07, 6.45) is 0. The minimum absolute atomic E-state index is 0.316. The molecule has 0 unspecified atom stereocenters. The second-order valence-electron chi connectivity index (χ2n) is 3.63. The van der Waals surface area contributed by atoms with Crippen LogP contribution in [-0.4, -0.2) is 23.7 Å². The summed E-state index contributed by atoms with van der Waals surface area (Å²) < 4.78 is 0. The van der Waals surface area contributed by atoms with Gasteiger partial charge in [0.05, 0.1) is 5.69 Å². The van der Waals surface area contributed by atoms with E-state index in [0.717, 1.165) is 23.5 Å². The van der Waals surface area contributed by atoms with Gasteiger partial charge in [-0.2, -0.15) is 0 Å². The van der Waals surface area contributed by atoms with E-state index < -0.39 is 0 Å². The maximum atomic E-state index is 9.69. The average Bonchev–Trinajstić information content (AvgIpc) is 2.19. The summed E-state index contributed by atoms with van der Waals surface area (Å²) in [7, 11) is 2.01. The molecule has 14 heavy (non-hydrogen) atoms. The molecule has 0 spiro atoms. The first-order valence-corrected chi connectivity index (χ1v) is 4.86. The molecule has 0 radical (unpaired) electrons. The van der Waals surface area contributed by atoms with Crippen molar-refractivity contribution in [3.05, 3.63) is 16.8 Å². The van der Waals surface area contributed by atoms with E-state index in [1.807, 2.05) is 27.8 Å². The van der Waals surface area contributed by atoms with E-state index in [2.05, 4.69) is 16.8 Å². The van der Waals surface area contributed by atoms with Gasteiger partial charge in [0.1, 0.15) is 11.6 Å². The van der Waals surface area contributed by atoms with Gasteiger partial charge in [-0.1, -0.05) is 0 Å². The molecular formula is C11H18N2O. The predicted octanol–water partition coefficient (Wildman–Crippen LogP) is 2.17. The van der Waals surface area contributed by atoms with Crippen molar-refractivity contribution < 1.29 is 5.11 Å². The first-order chi connectivity index (χ1) is 6.49. The largest absolute Gasteiger partial charge is 0.506 e. The molecule has 3 nitrogen and oxygen atoms in total. The van der Waals surface area contributed by atoms with Crippen LogP contribution in [0.4, 0.5) is 5.82 Å². The lowest BCUT2D eigenvalue weighted by Gasteiger charge is -2.20. The van der Waals surface area contributed by atoms with Gasteiger partial charge in [0.2, 0.25) is 0 Å². The second kappa shape index (κ2) is 3.86. The minimum atomic E-state index is 0.316. The van der Waals surface area contributed by atoms with Gasteiger partial charge in [0.15, 0.2) is 0 Å². The van der Waals surface area contributed by atoms with Crippen molar-refractivity contribution in [1.82, 2.24) is 4.98 Å². The van der Waals surface area contributed by atoms with Crippen molar-refractivity contribution in [2.24, 2.45) is 0 Å². The van der Waals surface area contributed by atoms with E-state index >= 15 is 0 Å². The number of hydrogen-bond donors (Lipinski definition) is 1. The average molecular weight is 194 g/mol. The molecule has 0 saturated heterocycles. The molecule has 0 bridgehead atoms. The van der Waals surface area contributed by atoms with Crippen LogP contribution in [0.1, 0.15) is 23.7 Å². The highest BCUT2D eigenvalue weighted by atomic mass is 16.3. The van der Waals surface area contributed by atoms with Crippen LogP contribution in [0.2, 0.25) is 0 Å². The van der Waals surface area contributed by atoms with Crippen LogP contribution in [0.5, 0.6) is 5.75 Å². The van der Waals surface area contributed by atoms with Crippen LogP contribution in [-0.2, 0) is 0 Å². The third-order valence-corrected chi connectivity index (χ3v) is 2.71. The van der Waals surface area contributed by atoms with Gasteiger partial charge in [-0.15, -0.1) is 0 Å². The third kappa shape index (κ3) is 1.67. The number of aromatic nitrogens is 1. The molecule has 1 aromatic heterocycles. The second-order valence-corrected chi connectivity index (χ2v) is 3.63. The number of aromatic hydroxyl groups is 1. The maximum absolute atomic E-state index is 9.69. The van der Waals surface area contributed by atoms with Crippen LogP contribution in [0.25, 0.3) is 0 Å². The van der Waals surface area contributed by atoms with Crippen molar-refractivity contribution in [3.8, 4) is 5.75 Å². The molecule has 0 aliphatic rings. The topological polar surface area (TPSA) is 36.4 Å². The van der Waals surface area contributed by atoms with E-state index in [1.165, 1.54) is 0 Å². The van der Waals surface area contributed by atoms with Gasteiger partial charge < -0.3 is 10.0 Å². The first kappa shape index (κ1) is 10.8. The number of aryl methyl sites for hydroxylation is 1. The van der Waals surface area contributed by atoms with E-state index in [1.54, 1.807) is 0 Å². The third-order valence-electron chi connectivity index (χ3n) is 2.71. The Bertz CT molecular complexity index is 348. The molecule has 0 saturated carbocycles. The summed E-state index contributed by atoms with van der Waals surface area (Å²) in [6.45, 7) is 8.74. The molecule has 3 heteroatoms. The standard InChI is InChI=1S/C11H18N2O/c1-6-13(5)11-8(3)7(2)10(14)9(4)12-11/h14H,6H2,1-5H3. The van der Waals surface area contributed by atoms with Crippen LogP contribution in [0, 0.1) is 20.8 Å². The van der Waals surface area contributed by atoms with Gasteiger partial charge >= 0.3 is 0 Å². The molecule has 0 amide bonds. The Hall–Kier alpha value is -1.25. The van der Waals surface area contributed by atoms with Crippen molar-refractivity contribution in [2.75, 3.05) is 18.5 Å². The van der Waals surface area contributed by atoms with Gasteiger partial charge in [0.25, 0.3) is 0 Å². The molecule has 1 heterocycles. The summed E-state index contributed by atoms with van der Waals surface area (Å²) in [4.78, 5) is 6.46. The van der Waals surface area contributed by atoms with Gasteiger partial charge in [-0.25, -0.2) is 4.98 Å². The highest BCUT2D eigenvalue weighted by Crippen LogP contribution is 2.28. The Balaban J connectivity index is 3.33. The van der Waals surface area contributed by atoms with E-state index in [-0.39, 0.29) is 0 Å². The highest BCUT2D eigenvalue weighted by molar-refractivity contribution is 5.55. The zero-order valence-corrected chi connectivity index (χ0v) is 9.55. The first-order valence-electron chi connectivity index (χ1n) is 4.86. The van der Waals surface area contributed by atoms with Crippen LogP contribution in [0.3, 0.4) is 0 Å². The molecule has 1 aromatic rings. The minimum Gasteiger partial charge on any atom is -0.506 e. The fourth-order valence-corrected chi connectivity index (χ4v) is 1.43. The summed E-state index contributed by atoms with van der Waals surface area (Å²) >= 11 is 0. The van der Waals surface area contributed by atoms with E-state index in [9.17, 15) is 5.11 Å². The maximum Gasteiger partial charge on any atom is 0.140 e. The van der Waals surface area contributed by atoms with Crippen molar-refractivity contribution in [2.45, 2.75) is 27.7 Å². The lowest BCUT2D eigenvalue weighted by molar-refractivity contribution is 0.462. The Kier molecular flexibility index (Phi) is 2.99. The zero-order valence-electron chi connectivity index (χ0n) is 9.55. The zero-order chi connectivity index (χ0) is 10.9. The number of pyridine rings is 1. The molecule has 0 aliphatic carbocycles. The Morgan fingerprint density at radius 2 is 1.79 bits per heavy atom. The summed E-state index contributed by atoms with van der Waals surface area (Å²) in [5.41, 5.74) is 2.67. The van der Waals surface area contributed by atoms with Crippen LogP contribution >= 0.6 is 0 Å². The van der Waals surface area contributed by atoms with Crippen LogP contribution < -0.4 is 4.90 Å². The Morgan fingerprint density at radius 1 is 1.21 bits per heavy atom. The molecule has 0 aromatic carbocycles. The molecular weight excluding hydrogens is 176 g/mol. The fourth-order valence-electron chi connectivity index (χ4n) is 1.43. The molecule has 0 aliphatic heterocycles. The monoisotopic (exact) mass is 194 g/mol. The number of rotatable bonds is 2. The SMILES string of the molecule is CCN(C)c1nc(C)c(O)c(C)c1C. The van der Waals surface area contributed by atoms with Gasteiger partial charge in [-0.3, -0.25) is 0 Å². The van der Waals surface area contributed by atoms with Crippen molar-refractivity contribution in [3.63, 3.8) is 0 Å². The summed E-state index contributed by atoms with van der Waals surface area (Å²) in [5, 5.41) is 9.69. The van der Waals surface area contributed by atoms with Gasteiger partial charge in [-0.05, 0) is 38.8 Å². The van der Waals surface area contributed by atoms with Crippen molar-refractivity contribution in [1.29, 1.82) is 0 Å². The number of nitrogens with zero attached hydrogens (tertiary/aromatic N) is 2. The normalized spacial score (nSPS) is 10.4. The smallest absolute Gasteiger partial charge is 0.140 e. The molecule has 78 valence electrons. The lowest BCUT2D eigenvalue weighted by atomic mass is 10.1.